The fourth-order valence-electron chi connectivity index (χ4n) is 3.68. The zero-order chi connectivity index (χ0) is 21.3. The molecule has 0 spiro atoms. The molecule has 4 nitrogen and oxygen atoms in total. The van der Waals surface area contributed by atoms with Crippen molar-refractivity contribution in [2.45, 2.75) is 45.5 Å². The molecular formula is C22H22F3N3OS. The standard InChI is InChI=1S/C22H22F3N3OS/c1-2-3-20-26-18-10-11-28(13-17(18)21(29)27-20)12-16-8-9-19(30-16)14-4-6-15(7-5-14)22(23,24)25/h4-9H,2-3,10-13H2,1H3,(H,26,27,29). The molecule has 0 amide bonds. The Morgan fingerprint density at radius 2 is 1.93 bits per heavy atom. The number of nitrogens with one attached hydrogen (secondary N) is 1. The first-order valence-corrected chi connectivity index (χ1v) is 10.7. The second-order valence-corrected chi connectivity index (χ2v) is 8.66. The Labute approximate surface area is 176 Å². The number of rotatable bonds is 5. The van der Waals surface area contributed by atoms with Crippen LogP contribution in [0.3, 0.4) is 0 Å². The third-order valence-electron chi connectivity index (χ3n) is 5.22. The third kappa shape index (κ3) is 4.49. The van der Waals surface area contributed by atoms with Crippen molar-refractivity contribution in [3.63, 3.8) is 0 Å². The molecule has 1 N–H and O–H groups in total. The number of aromatic amines is 1. The lowest BCUT2D eigenvalue weighted by Crippen LogP contribution is -2.35. The van der Waals surface area contributed by atoms with Crippen molar-refractivity contribution in [1.82, 2.24) is 14.9 Å². The van der Waals surface area contributed by atoms with Gasteiger partial charge in [-0.2, -0.15) is 13.2 Å². The largest absolute Gasteiger partial charge is 0.416 e. The van der Waals surface area contributed by atoms with Gasteiger partial charge in [0.15, 0.2) is 0 Å². The second kappa shape index (κ2) is 8.35. The van der Waals surface area contributed by atoms with E-state index in [9.17, 15) is 18.0 Å². The Morgan fingerprint density at radius 1 is 1.17 bits per heavy atom. The minimum Gasteiger partial charge on any atom is -0.310 e. The van der Waals surface area contributed by atoms with E-state index in [1.165, 1.54) is 12.1 Å². The van der Waals surface area contributed by atoms with Crippen LogP contribution in [0.4, 0.5) is 13.2 Å². The summed E-state index contributed by atoms with van der Waals surface area (Å²) in [6, 6.07) is 9.18. The maximum absolute atomic E-state index is 12.7. The zero-order valence-electron chi connectivity index (χ0n) is 16.6. The minimum absolute atomic E-state index is 0.0511. The van der Waals surface area contributed by atoms with Crippen LogP contribution in [0.2, 0.25) is 0 Å². The van der Waals surface area contributed by atoms with Crippen molar-refractivity contribution < 1.29 is 13.2 Å². The molecule has 0 saturated heterocycles. The van der Waals surface area contributed by atoms with E-state index in [0.717, 1.165) is 70.3 Å². The number of H-pyrrole nitrogens is 1. The first kappa shape index (κ1) is 20.8. The van der Waals surface area contributed by atoms with E-state index >= 15 is 0 Å². The van der Waals surface area contributed by atoms with Crippen LogP contribution in [-0.2, 0) is 32.1 Å². The molecule has 0 bridgehead atoms. The van der Waals surface area contributed by atoms with Crippen LogP contribution in [0, 0.1) is 0 Å². The molecule has 2 aromatic heterocycles. The Morgan fingerprint density at radius 3 is 2.63 bits per heavy atom. The normalized spacial score (nSPS) is 14.7. The number of aromatic nitrogens is 2. The Bertz CT molecular complexity index is 1090. The summed E-state index contributed by atoms with van der Waals surface area (Å²) in [6.45, 7) is 4.13. The Kier molecular flexibility index (Phi) is 5.79. The van der Waals surface area contributed by atoms with E-state index in [4.69, 9.17) is 0 Å². The molecule has 3 aromatic rings. The number of thiophene rings is 1. The highest BCUT2D eigenvalue weighted by molar-refractivity contribution is 7.15. The van der Waals surface area contributed by atoms with E-state index in [1.54, 1.807) is 11.3 Å². The van der Waals surface area contributed by atoms with Crippen molar-refractivity contribution in [2.75, 3.05) is 6.54 Å². The van der Waals surface area contributed by atoms with Gasteiger partial charge in [0, 0.05) is 42.2 Å². The van der Waals surface area contributed by atoms with Crippen molar-refractivity contribution in [1.29, 1.82) is 0 Å². The monoisotopic (exact) mass is 433 g/mol. The quantitative estimate of drug-likeness (QED) is 0.614. The van der Waals surface area contributed by atoms with Gasteiger partial charge in [-0.25, -0.2) is 4.98 Å². The Hall–Kier alpha value is -2.45. The molecule has 4 rings (SSSR count). The van der Waals surface area contributed by atoms with Crippen molar-refractivity contribution >= 4 is 11.3 Å². The van der Waals surface area contributed by atoms with Crippen LogP contribution >= 0.6 is 11.3 Å². The summed E-state index contributed by atoms with van der Waals surface area (Å²) < 4.78 is 38.2. The van der Waals surface area contributed by atoms with Gasteiger partial charge in [0.1, 0.15) is 5.82 Å². The molecule has 8 heteroatoms. The van der Waals surface area contributed by atoms with Gasteiger partial charge in [-0.15, -0.1) is 11.3 Å². The fourth-order valence-corrected chi connectivity index (χ4v) is 4.74. The molecule has 3 heterocycles. The van der Waals surface area contributed by atoms with Crippen molar-refractivity contribution in [3.05, 3.63) is 74.3 Å². The number of hydrogen-bond donors (Lipinski definition) is 1. The number of halogens is 3. The van der Waals surface area contributed by atoms with Gasteiger partial charge in [-0.1, -0.05) is 19.1 Å². The van der Waals surface area contributed by atoms with Crippen LogP contribution < -0.4 is 5.56 Å². The lowest BCUT2D eigenvalue weighted by Gasteiger charge is -2.27. The molecule has 0 fully saturated rings. The highest BCUT2D eigenvalue weighted by atomic mass is 32.1. The summed E-state index contributed by atoms with van der Waals surface area (Å²) in [5, 5.41) is 0. The van der Waals surface area contributed by atoms with Gasteiger partial charge in [-0.05, 0) is 36.2 Å². The second-order valence-electron chi connectivity index (χ2n) is 7.49. The van der Waals surface area contributed by atoms with Crippen LogP contribution in [-0.4, -0.2) is 21.4 Å². The summed E-state index contributed by atoms with van der Waals surface area (Å²) in [7, 11) is 0. The SMILES string of the molecule is CCCc1nc2c(c(=O)[nH]1)CN(Cc1ccc(-c3ccc(C(F)(F)F)cc3)s1)CC2. The molecular weight excluding hydrogens is 411 g/mol. The van der Waals surface area contributed by atoms with Crippen LogP contribution in [0.5, 0.6) is 0 Å². The average molecular weight is 433 g/mol. The highest BCUT2D eigenvalue weighted by Gasteiger charge is 2.30. The number of hydrogen-bond acceptors (Lipinski definition) is 4. The van der Waals surface area contributed by atoms with Crippen LogP contribution in [0.1, 0.15) is 40.9 Å². The number of fused-ring (bicyclic) bond motifs is 1. The molecule has 0 atom stereocenters. The predicted molar refractivity (Wildman–Crippen MR) is 111 cm³/mol. The summed E-state index contributed by atoms with van der Waals surface area (Å²) in [5.74, 6) is 0.758. The summed E-state index contributed by atoms with van der Waals surface area (Å²) in [5.41, 5.74) is 1.71. The van der Waals surface area contributed by atoms with Crippen LogP contribution in [0.25, 0.3) is 10.4 Å². The first-order chi connectivity index (χ1) is 14.3. The van der Waals surface area contributed by atoms with Gasteiger partial charge in [0.25, 0.3) is 5.56 Å². The summed E-state index contributed by atoms with van der Waals surface area (Å²) in [6.07, 6.45) is -1.87. The average Bonchev–Trinajstić information content (AvgIpc) is 3.17. The summed E-state index contributed by atoms with van der Waals surface area (Å²) in [4.78, 5) is 24.2. The highest BCUT2D eigenvalue weighted by Crippen LogP contribution is 2.33. The van der Waals surface area contributed by atoms with E-state index < -0.39 is 11.7 Å². The topological polar surface area (TPSA) is 49.0 Å². The lowest BCUT2D eigenvalue weighted by atomic mass is 10.1. The molecule has 0 unspecified atom stereocenters. The number of benzene rings is 1. The molecule has 0 saturated carbocycles. The molecule has 30 heavy (non-hydrogen) atoms. The zero-order valence-corrected chi connectivity index (χ0v) is 17.4. The van der Waals surface area contributed by atoms with Crippen LogP contribution in [0.15, 0.2) is 41.2 Å². The molecule has 0 radical (unpaired) electrons. The van der Waals surface area contributed by atoms with Gasteiger partial charge in [0.2, 0.25) is 0 Å². The smallest absolute Gasteiger partial charge is 0.310 e. The first-order valence-electron chi connectivity index (χ1n) is 9.93. The number of aryl methyl sites for hydroxylation is 1. The predicted octanol–water partition coefficient (Wildman–Crippen LogP) is 5.03. The number of nitrogens with zero attached hydrogens (tertiary/aromatic N) is 2. The minimum atomic E-state index is -4.33. The van der Waals surface area contributed by atoms with Crippen molar-refractivity contribution in [2.24, 2.45) is 0 Å². The summed E-state index contributed by atoms with van der Waals surface area (Å²) >= 11 is 1.56. The van der Waals surface area contributed by atoms with Gasteiger partial charge in [-0.3, -0.25) is 9.69 Å². The van der Waals surface area contributed by atoms with Crippen molar-refractivity contribution in [3.8, 4) is 10.4 Å². The molecule has 158 valence electrons. The van der Waals surface area contributed by atoms with Gasteiger partial charge in [0.05, 0.1) is 16.8 Å². The van der Waals surface area contributed by atoms with E-state index in [2.05, 4.69) is 21.8 Å². The molecule has 0 aliphatic carbocycles. The molecule has 1 aliphatic rings. The number of alkyl halides is 3. The Balaban J connectivity index is 1.45. The maximum atomic E-state index is 12.7. The maximum Gasteiger partial charge on any atom is 0.416 e. The molecule has 1 aliphatic heterocycles. The lowest BCUT2D eigenvalue weighted by molar-refractivity contribution is -0.137. The van der Waals surface area contributed by atoms with E-state index in [-0.39, 0.29) is 5.56 Å². The fraction of sp³-hybridized carbons (Fsp3) is 0.364. The van der Waals surface area contributed by atoms with Gasteiger partial charge < -0.3 is 4.98 Å². The van der Waals surface area contributed by atoms with E-state index in [0.29, 0.717) is 13.1 Å². The van der Waals surface area contributed by atoms with Gasteiger partial charge >= 0.3 is 6.18 Å². The third-order valence-corrected chi connectivity index (χ3v) is 6.34. The molecule has 1 aromatic carbocycles. The van der Waals surface area contributed by atoms with E-state index in [1.807, 2.05) is 12.1 Å².